The van der Waals surface area contributed by atoms with E-state index in [1.54, 1.807) is 12.1 Å². The van der Waals surface area contributed by atoms with Gasteiger partial charge in [-0.25, -0.2) is 13.5 Å². The lowest BCUT2D eigenvalue weighted by Gasteiger charge is -2.25. The lowest BCUT2D eigenvalue weighted by molar-refractivity contribution is 0.102. The average Bonchev–Trinajstić information content (AvgIpc) is 3.22. The molecule has 1 aromatic heterocycles. The summed E-state index contributed by atoms with van der Waals surface area (Å²) < 4.78 is 29.5. The summed E-state index contributed by atoms with van der Waals surface area (Å²) in [5.74, 6) is -1.14. The predicted octanol–water partition coefficient (Wildman–Crippen LogP) is 5.52. The molecule has 0 spiro atoms. The number of fused-ring (bicyclic) bond motifs is 1. The number of rotatable bonds is 4. The number of hydrogen-bond donors (Lipinski definition) is 2. The number of anilines is 2. The normalized spacial score (nSPS) is 14.8. The topological polar surface area (TPSA) is 71.8 Å². The fourth-order valence-corrected chi connectivity index (χ4v) is 3.88. The summed E-state index contributed by atoms with van der Waals surface area (Å²) in [5.41, 5.74) is 2.03. The zero-order valence-corrected chi connectivity index (χ0v) is 17.7. The number of aromatic nitrogens is 3. The Morgan fingerprint density at radius 1 is 1.00 bits per heavy atom. The molecule has 4 aromatic rings. The van der Waals surface area contributed by atoms with Gasteiger partial charge in [0, 0.05) is 21.8 Å². The Hall–Kier alpha value is -4.04. The Morgan fingerprint density at radius 2 is 1.76 bits per heavy atom. The summed E-state index contributed by atoms with van der Waals surface area (Å²) in [5, 5.41) is 10.4. The van der Waals surface area contributed by atoms with Crippen LogP contribution in [0.1, 0.15) is 27.5 Å². The fraction of sp³-hybridized carbons (Fsp3) is 0.0417. The molecular formula is C24H16ClF2N5O. The van der Waals surface area contributed by atoms with Crippen LogP contribution < -0.4 is 10.6 Å². The second-order valence-electron chi connectivity index (χ2n) is 7.32. The van der Waals surface area contributed by atoms with E-state index < -0.39 is 23.6 Å². The molecule has 0 unspecified atom stereocenters. The van der Waals surface area contributed by atoms with Gasteiger partial charge in [-0.2, -0.15) is 4.98 Å². The number of carbonyl (C=O) groups is 1. The van der Waals surface area contributed by atoms with Crippen molar-refractivity contribution in [2.24, 2.45) is 0 Å². The first-order chi connectivity index (χ1) is 16.0. The zero-order valence-electron chi connectivity index (χ0n) is 17.0. The highest BCUT2D eigenvalue weighted by Gasteiger charge is 2.29. The average molecular weight is 464 g/mol. The molecule has 1 amide bonds. The molecule has 6 nitrogen and oxygen atoms in total. The van der Waals surface area contributed by atoms with Crippen LogP contribution in [0.15, 0.2) is 78.9 Å². The summed E-state index contributed by atoms with van der Waals surface area (Å²) in [4.78, 5) is 16.9. The van der Waals surface area contributed by atoms with Crippen LogP contribution in [0.5, 0.6) is 0 Å². The third-order valence-corrected chi connectivity index (χ3v) is 5.51. The quantitative estimate of drug-likeness (QED) is 0.418. The van der Waals surface area contributed by atoms with Crippen molar-refractivity contribution < 1.29 is 13.6 Å². The number of nitrogens with one attached hydrogen (secondary N) is 2. The van der Waals surface area contributed by atoms with E-state index in [0.717, 1.165) is 5.56 Å². The van der Waals surface area contributed by atoms with Gasteiger partial charge in [0.25, 0.3) is 11.9 Å². The van der Waals surface area contributed by atoms with Crippen molar-refractivity contribution in [1.29, 1.82) is 0 Å². The van der Waals surface area contributed by atoms with Crippen LogP contribution in [0.2, 0.25) is 5.02 Å². The van der Waals surface area contributed by atoms with E-state index in [-0.39, 0.29) is 22.1 Å². The van der Waals surface area contributed by atoms with Crippen LogP contribution in [0.25, 0.3) is 5.70 Å². The summed E-state index contributed by atoms with van der Waals surface area (Å²) in [7, 11) is 0. The Balaban J connectivity index is 1.54. The van der Waals surface area contributed by atoms with E-state index in [4.69, 9.17) is 11.6 Å². The molecule has 0 saturated carbocycles. The molecule has 9 heteroatoms. The molecule has 5 rings (SSSR count). The van der Waals surface area contributed by atoms with E-state index in [2.05, 4.69) is 20.7 Å². The summed E-state index contributed by atoms with van der Waals surface area (Å²) in [6, 6.07) is 18.3. The monoisotopic (exact) mass is 463 g/mol. The Labute approximate surface area is 192 Å². The van der Waals surface area contributed by atoms with Gasteiger partial charge in [0.05, 0.1) is 0 Å². The van der Waals surface area contributed by atoms with E-state index in [1.165, 1.54) is 41.1 Å². The number of nitrogens with zero attached hydrogens (tertiary/aromatic N) is 3. The summed E-state index contributed by atoms with van der Waals surface area (Å²) in [6.45, 7) is 0. The van der Waals surface area contributed by atoms with Gasteiger partial charge in [-0.15, -0.1) is 5.10 Å². The number of amides is 1. The minimum Gasteiger partial charge on any atom is -0.324 e. The molecule has 0 aliphatic carbocycles. The Morgan fingerprint density at radius 3 is 2.48 bits per heavy atom. The van der Waals surface area contributed by atoms with Crippen LogP contribution in [0.4, 0.5) is 20.7 Å². The molecule has 1 atom stereocenters. The second kappa shape index (κ2) is 8.48. The van der Waals surface area contributed by atoms with Gasteiger partial charge in [0.15, 0.2) is 0 Å². The highest BCUT2D eigenvalue weighted by Crippen LogP contribution is 2.37. The number of carbonyl (C=O) groups excluding carboxylic acids is 1. The number of halogens is 3. The Kier molecular flexibility index (Phi) is 5.35. The zero-order chi connectivity index (χ0) is 22.9. The van der Waals surface area contributed by atoms with E-state index in [9.17, 15) is 13.6 Å². The minimum absolute atomic E-state index is 0.00648. The molecule has 0 radical (unpaired) electrons. The first-order valence-corrected chi connectivity index (χ1v) is 10.4. The summed E-state index contributed by atoms with van der Waals surface area (Å²) in [6.07, 6.45) is 1.80. The Bertz CT molecular complexity index is 1350. The van der Waals surface area contributed by atoms with Gasteiger partial charge in [-0.05, 0) is 48.0 Å². The van der Waals surface area contributed by atoms with Crippen molar-refractivity contribution in [3.8, 4) is 0 Å². The van der Waals surface area contributed by atoms with Crippen LogP contribution >= 0.6 is 11.6 Å². The molecule has 33 heavy (non-hydrogen) atoms. The van der Waals surface area contributed by atoms with Crippen molar-refractivity contribution >= 4 is 35.1 Å². The highest BCUT2D eigenvalue weighted by molar-refractivity contribution is 6.31. The lowest BCUT2D eigenvalue weighted by Crippen LogP contribution is -2.21. The van der Waals surface area contributed by atoms with E-state index in [0.29, 0.717) is 11.6 Å². The maximum Gasteiger partial charge on any atom is 0.258 e. The predicted molar refractivity (Wildman–Crippen MR) is 122 cm³/mol. The van der Waals surface area contributed by atoms with Gasteiger partial charge in [-0.1, -0.05) is 48.0 Å². The van der Waals surface area contributed by atoms with Gasteiger partial charge in [0.1, 0.15) is 17.7 Å². The van der Waals surface area contributed by atoms with Crippen LogP contribution in [0.3, 0.4) is 0 Å². The van der Waals surface area contributed by atoms with Crippen LogP contribution in [-0.2, 0) is 0 Å². The third kappa shape index (κ3) is 4.08. The molecule has 1 aliphatic heterocycles. The number of hydrogen-bond acceptors (Lipinski definition) is 4. The highest BCUT2D eigenvalue weighted by atomic mass is 35.5. The maximum absolute atomic E-state index is 14.8. The second-order valence-corrected chi connectivity index (χ2v) is 7.72. The van der Waals surface area contributed by atoms with Crippen molar-refractivity contribution in [2.45, 2.75) is 6.04 Å². The summed E-state index contributed by atoms with van der Waals surface area (Å²) >= 11 is 6.36. The first kappa shape index (κ1) is 20.8. The largest absolute Gasteiger partial charge is 0.324 e. The molecule has 2 N–H and O–H groups in total. The molecule has 3 aromatic carbocycles. The van der Waals surface area contributed by atoms with Crippen molar-refractivity contribution in [3.63, 3.8) is 0 Å². The smallest absolute Gasteiger partial charge is 0.258 e. The number of allylic oxidation sites excluding steroid dienone is 1. The van der Waals surface area contributed by atoms with Gasteiger partial charge >= 0.3 is 0 Å². The third-order valence-electron chi connectivity index (χ3n) is 5.18. The van der Waals surface area contributed by atoms with Crippen molar-refractivity contribution in [3.05, 3.63) is 112 Å². The molecular weight excluding hydrogens is 448 g/mol. The SMILES string of the molecule is O=C(Nc1nc2n(n1)[C@@H](c1c(F)cccc1Cl)C=C(c1ccccc1)N2)c1ccc(F)cc1. The van der Waals surface area contributed by atoms with Gasteiger partial charge < -0.3 is 5.32 Å². The van der Waals surface area contributed by atoms with Crippen LogP contribution in [-0.4, -0.2) is 20.7 Å². The molecule has 164 valence electrons. The first-order valence-electron chi connectivity index (χ1n) is 10.0. The van der Waals surface area contributed by atoms with E-state index in [1.807, 2.05) is 30.3 Å². The molecule has 1 aliphatic rings. The number of benzene rings is 3. The van der Waals surface area contributed by atoms with Gasteiger partial charge in [-0.3, -0.25) is 10.1 Å². The van der Waals surface area contributed by atoms with Gasteiger partial charge in [0.2, 0.25) is 5.95 Å². The molecule has 2 heterocycles. The molecule has 0 fully saturated rings. The van der Waals surface area contributed by atoms with Crippen molar-refractivity contribution in [2.75, 3.05) is 10.6 Å². The fourth-order valence-electron chi connectivity index (χ4n) is 3.61. The minimum atomic E-state index is -0.714. The van der Waals surface area contributed by atoms with E-state index >= 15 is 0 Å². The lowest BCUT2D eigenvalue weighted by atomic mass is 10.0. The van der Waals surface area contributed by atoms with Crippen molar-refractivity contribution in [1.82, 2.24) is 14.8 Å². The molecule has 0 saturated heterocycles. The maximum atomic E-state index is 14.8. The standard InChI is InChI=1S/C24H16ClF2N5O/c25-17-7-4-8-18(27)21(17)20-13-19(14-5-2-1-3-6-14)28-24-30-23(31-32(20)24)29-22(33)15-9-11-16(26)12-10-15/h1-13,20H,(H2,28,29,30,31,33)/t20-/m1/s1. The molecule has 0 bridgehead atoms. The van der Waals surface area contributed by atoms with Crippen LogP contribution in [0, 0.1) is 11.6 Å².